The molecule has 2 heterocycles. The first-order valence-electron chi connectivity index (χ1n) is 14.3. The van der Waals surface area contributed by atoms with E-state index in [-0.39, 0.29) is 41.5 Å². The van der Waals surface area contributed by atoms with Crippen LogP contribution in [0.4, 0.5) is 11.4 Å². The first-order valence-corrected chi connectivity index (χ1v) is 17.1. The number of anilines is 2. The van der Waals surface area contributed by atoms with Gasteiger partial charge in [-0.1, -0.05) is 58.0 Å². The molecule has 0 fully saturated rings. The average molecular weight is 693 g/mol. The Morgan fingerprint density at radius 2 is 0.792 bits per heavy atom. The van der Waals surface area contributed by atoms with Crippen molar-refractivity contribution in [1.82, 2.24) is 9.46 Å². The summed E-state index contributed by atoms with van der Waals surface area (Å²) in [6.45, 7) is 0. The van der Waals surface area contributed by atoms with Gasteiger partial charge in [0.2, 0.25) is 23.5 Å². The average Bonchev–Trinajstić information content (AvgIpc) is 3.33. The predicted molar refractivity (Wildman–Crippen MR) is 178 cm³/mol. The van der Waals surface area contributed by atoms with Gasteiger partial charge in [0, 0.05) is 50.3 Å². The zero-order valence-corrected chi connectivity index (χ0v) is 27.4. The quantitative estimate of drug-likeness (QED) is 0.181. The number of fused-ring (bicyclic) bond motifs is 6. The van der Waals surface area contributed by atoms with Crippen LogP contribution in [0, 0.1) is 0 Å². The lowest BCUT2D eigenvalue weighted by Gasteiger charge is -2.18. The topological polar surface area (TPSA) is 184 Å². The predicted octanol–water partition coefficient (Wildman–Crippen LogP) is 3.83. The van der Waals surface area contributed by atoms with E-state index in [2.05, 4.69) is 0 Å². The molecule has 14 nitrogen and oxygen atoms in total. The van der Waals surface area contributed by atoms with Crippen LogP contribution in [0.3, 0.4) is 0 Å². The fourth-order valence-corrected chi connectivity index (χ4v) is 8.36. The summed E-state index contributed by atoms with van der Waals surface area (Å²) < 4.78 is 65.4. The van der Waals surface area contributed by atoms with Crippen molar-refractivity contribution in [3.8, 4) is 45.8 Å². The second kappa shape index (κ2) is 10.4. The maximum Gasteiger partial charge on any atom is 0.358 e. The van der Waals surface area contributed by atoms with Crippen LogP contribution >= 0.6 is 0 Å². The number of aromatic nitrogens is 2. The molecule has 0 spiro atoms. The van der Waals surface area contributed by atoms with Crippen molar-refractivity contribution in [2.24, 2.45) is 0 Å². The van der Waals surface area contributed by atoms with Crippen molar-refractivity contribution in [2.75, 3.05) is 38.0 Å². The summed E-state index contributed by atoms with van der Waals surface area (Å²) in [4.78, 5) is 2.94. The Kier molecular flexibility index (Phi) is 6.68. The van der Waals surface area contributed by atoms with E-state index in [0.717, 1.165) is 0 Å². The third-order valence-electron chi connectivity index (χ3n) is 8.20. The second-order valence-electron chi connectivity index (χ2n) is 11.5. The minimum absolute atomic E-state index is 0.247. The normalized spacial score (nSPS) is 12.4. The third-order valence-corrected chi connectivity index (χ3v) is 10.6. The molecular formula is C32H28N4O10S2. The third kappa shape index (κ3) is 4.29. The summed E-state index contributed by atoms with van der Waals surface area (Å²) in [5.74, 6) is -3.75. The van der Waals surface area contributed by atoms with Crippen molar-refractivity contribution < 1.29 is 45.8 Å². The van der Waals surface area contributed by atoms with Crippen molar-refractivity contribution in [1.29, 1.82) is 0 Å². The zero-order chi connectivity index (χ0) is 34.4. The number of rotatable bonds is 8. The van der Waals surface area contributed by atoms with Gasteiger partial charge in [0.05, 0.1) is 22.3 Å². The summed E-state index contributed by atoms with van der Waals surface area (Å²) in [7, 11) is -2.48. The lowest BCUT2D eigenvalue weighted by Crippen LogP contribution is -2.21. The van der Waals surface area contributed by atoms with Gasteiger partial charge in [-0.05, 0) is 35.0 Å². The Morgan fingerprint density at radius 1 is 0.500 bits per heavy atom. The molecule has 0 unspecified atom stereocenters. The smallest absolute Gasteiger partial charge is 0.358 e. The van der Waals surface area contributed by atoms with Gasteiger partial charge in [0.25, 0.3) is 0 Å². The maximum atomic E-state index is 13.6. The number of benzene rings is 4. The van der Waals surface area contributed by atoms with Gasteiger partial charge < -0.3 is 30.2 Å². The molecule has 6 aromatic rings. The van der Waals surface area contributed by atoms with Crippen LogP contribution in [-0.4, -0.2) is 74.9 Å². The molecule has 7 rings (SSSR count). The zero-order valence-electron chi connectivity index (χ0n) is 25.8. The fourth-order valence-electron chi connectivity index (χ4n) is 6.09. The summed E-state index contributed by atoms with van der Waals surface area (Å²) in [6.07, 6.45) is 0. The van der Waals surface area contributed by atoms with E-state index in [1.54, 1.807) is 86.5 Å². The highest BCUT2D eigenvalue weighted by Gasteiger charge is 2.46. The van der Waals surface area contributed by atoms with Crippen molar-refractivity contribution in [3.63, 3.8) is 0 Å². The Balaban J connectivity index is 1.28. The second-order valence-corrected chi connectivity index (χ2v) is 14.5. The molecule has 0 saturated carbocycles. The minimum Gasteiger partial charge on any atom is -0.492 e. The van der Waals surface area contributed by atoms with Gasteiger partial charge in [0.15, 0.2) is 0 Å². The molecule has 0 radical (unpaired) electrons. The molecule has 0 amide bonds. The van der Waals surface area contributed by atoms with Crippen LogP contribution in [-0.2, 0) is 20.2 Å². The minimum atomic E-state index is -4.72. The highest BCUT2D eigenvalue weighted by Crippen LogP contribution is 2.64. The molecule has 0 aliphatic heterocycles. The summed E-state index contributed by atoms with van der Waals surface area (Å²) in [6, 6.07) is 19.5. The van der Waals surface area contributed by atoms with Gasteiger partial charge in [-0.3, -0.25) is 8.57 Å². The van der Waals surface area contributed by atoms with E-state index < -0.39 is 43.8 Å². The molecule has 248 valence electrons. The molecule has 4 N–H and O–H groups in total. The molecule has 4 aromatic carbocycles. The SMILES string of the molecule is CN(C)c1cccc2cccc(S(=O)(=O)On3c(O)c4c(c3O)-c3c-4c(O)n(OS(=O)(=O)c4cccc5cccc(N(C)C)c45)c3O)c12. The monoisotopic (exact) mass is 692 g/mol. The van der Waals surface area contributed by atoms with E-state index in [0.29, 0.717) is 32.9 Å². The lowest BCUT2D eigenvalue weighted by molar-refractivity contribution is 0.201. The number of nitrogens with zero attached hydrogens (tertiary/aromatic N) is 4. The Hall–Kier alpha value is -5.74. The maximum absolute atomic E-state index is 13.6. The van der Waals surface area contributed by atoms with Gasteiger partial charge in [-0.25, -0.2) is 0 Å². The van der Waals surface area contributed by atoms with Crippen molar-refractivity contribution in [3.05, 3.63) is 72.8 Å². The molecule has 0 bridgehead atoms. The van der Waals surface area contributed by atoms with Crippen LogP contribution in [0.25, 0.3) is 43.8 Å². The Labute approximate surface area is 274 Å². The molecule has 2 aromatic heterocycles. The molecular weight excluding hydrogens is 665 g/mol. The van der Waals surface area contributed by atoms with Gasteiger partial charge >= 0.3 is 20.2 Å². The Bertz CT molecular complexity index is 2300. The fraction of sp³-hybridized carbons (Fsp3) is 0.125. The van der Waals surface area contributed by atoms with Crippen LogP contribution in [0.1, 0.15) is 0 Å². The van der Waals surface area contributed by atoms with E-state index in [1.165, 1.54) is 24.3 Å². The number of hydrogen-bond acceptors (Lipinski definition) is 12. The lowest BCUT2D eigenvalue weighted by atomic mass is 9.86. The molecule has 1 aliphatic carbocycles. The molecule has 0 saturated heterocycles. The number of aromatic hydroxyl groups is 4. The van der Waals surface area contributed by atoms with Crippen LogP contribution in [0.5, 0.6) is 23.5 Å². The highest BCUT2D eigenvalue weighted by molar-refractivity contribution is 7.87. The van der Waals surface area contributed by atoms with Gasteiger partial charge in [-0.15, -0.1) is 0 Å². The van der Waals surface area contributed by atoms with Crippen molar-refractivity contribution >= 4 is 53.2 Å². The Morgan fingerprint density at radius 3 is 1.08 bits per heavy atom. The van der Waals surface area contributed by atoms with E-state index >= 15 is 0 Å². The highest BCUT2D eigenvalue weighted by atomic mass is 32.2. The van der Waals surface area contributed by atoms with Crippen LogP contribution in [0.15, 0.2) is 82.6 Å². The molecule has 48 heavy (non-hydrogen) atoms. The largest absolute Gasteiger partial charge is 0.492 e. The molecule has 16 heteroatoms. The van der Waals surface area contributed by atoms with Gasteiger partial charge in [-0.2, -0.15) is 16.8 Å². The summed E-state index contributed by atoms with van der Waals surface area (Å²) in [5.41, 5.74) is -0.0972. The number of hydrogen-bond donors (Lipinski definition) is 4. The van der Waals surface area contributed by atoms with E-state index in [9.17, 15) is 37.3 Å². The van der Waals surface area contributed by atoms with E-state index in [4.69, 9.17) is 8.57 Å². The summed E-state index contributed by atoms with van der Waals surface area (Å²) >= 11 is 0. The molecule has 0 atom stereocenters. The molecule has 1 aliphatic rings. The standard InChI is InChI=1S/C32H28N4O10S2/c1-33(2)19-13-5-9-17-11-7-15-21(23(17)19)47(41,42)45-35-29(37)25-26(30(35)38)28-27(25)31(39)36(32(28)40)46-48(43,44)22-16-8-12-18-10-6-14-20(24(18)22)34(3)4/h5-16,37-40H,1-4H3. The van der Waals surface area contributed by atoms with Crippen molar-refractivity contribution in [2.45, 2.75) is 9.79 Å². The summed E-state index contributed by atoms with van der Waals surface area (Å²) in [5, 5.41) is 46.0. The van der Waals surface area contributed by atoms with E-state index in [1.807, 2.05) is 0 Å². The first kappa shape index (κ1) is 30.9. The van der Waals surface area contributed by atoms with Crippen LogP contribution in [0.2, 0.25) is 0 Å². The van der Waals surface area contributed by atoms with Crippen LogP contribution < -0.4 is 18.4 Å². The first-order chi connectivity index (χ1) is 22.7. The van der Waals surface area contributed by atoms with Gasteiger partial charge in [0.1, 0.15) is 9.79 Å².